The summed E-state index contributed by atoms with van der Waals surface area (Å²) in [5, 5.41) is 8.75. The Hall–Kier alpha value is 0.110. The van der Waals surface area contributed by atoms with Gasteiger partial charge in [-0.2, -0.15) is 5.26 Å². The van der Waals surface area contributed by atoms with Crippen molar-refractivity contribution in [2.45, 2.75) is 23.5 Å². The van der Waals surface area contributed by atoms with Gasteiger partial charge in [-0.25, -0.2) is 4.71 Å². The second-order valence-corrected chi connectivity index (χ2v) is 5.54. The van der Waals surface area contributed by atoms with Crippen LogP contribution in [-0.2, 0) is 47.6 Å². The fourth-order valence-corrected chi connectivity index (χ4v) is 2.70. The third-order valence-corrected chi connectivity index (χ3v) is 3.94. The molecule has 1 heterocycles. The molecule has 0 amide bonds. The first-order valence-corrected chi connectivity index (χ1v) is 6.71. The van der Waals surface area contributed by atoms with Crippen LogP contribution in [0.1, 0.15) is 29.9 Å². The molecule has 2 rings (SSSR count). The maximum absolute atomic E-state index is 8.75. The Bertz CT molecular complexity index is 406. The van der Waals surface area contributed by atoms with Crippen LogP contribution in [0.15, 0.2) is 24.3 Å². The first-order valence-electron chi connectivity index (χ1n) is 5.76. The maximum atomic E-state index is 8.75. The summed E-state index contributed by atoms with van der Waals surface area (Å²) in [7, 11) is 0. The normalized spacial score (nSPS) is 17.2. The van der Waals surface area contributed by atoms with E-state index in [2.05, 4.69) is 23.1 Å². The van der Waals surface area contributed by atoms with Gasteiger partial charge in [0, 0.05) is 22.4 Å². The quantitative estimate of drug-likeness (QED) is 0.500. The van der Waals surface area contributed by atoms with Crippen molar-refractivity contribution in [1.29, 1.82) is 5.26 Å². The van der Waals surface area contributed by atoms with E-state index in [0.29, 0.717) is 5.92 Å². The number of piperidine rings is 1. The van der Waals surface area contributed by atoms with E-state index in [9.17, 15) is 0 Å². The zero-order valence-corrected chi connectivity index (χ0v) is 13.6. The molecule has 18 heavy (non-hydrogen) atoms. The van der Waals surface area contributed by atoms with Gasteiger partial charge in [-0.1, -0.05) is 12.1 Å². The summed E-state index contributed by atoms with van der Waals surface area (Å²) in [5.74, 6) is 0.586. The van der Waals surface area contributed by atoms with E-state index in [1.807, 2.05) is 12.1 Å². The van der Waals surface area contributed by atoms with E-state index >= 15 is 0 Å². The summed E-state index contributed by atoms with van der Waals surface area (Å²) in [5.41, 5.74) is 2.05. The van der Waals surface area contributed by atoms with Gasteiger partial charge >= 0.3 is 0 Å². The third kappa shape index (κ3) is 4.06. The number of likely N-dealkylation sites (tertiary alicyclic amines) is 1. The fourth-order valence-electron chi connectivity index (χ4n) is 2.27. The van der Waals surface area contributed by atoms with Crippen LogP contribution in [0.25, 0.3) is 0 Å². The molecule has 1 aromatic carbocycles. The minimum atomic E-state index is -0.170. The molecule has 2 nitrogen and oxygen atoms in total. The van der Waals surface area contributed by atoms with Crippen LogP contribution in [0.3, 0.4) is 0 Å². The van der Waals surface area contributed by atoms with Gasteiger partial charge in [-0.3, -0.25) is 0 Å². The largest absolute Gasteiger partial charge is 0.800 e. The summed E-state index contributed by atoms with van der Waals surface area (Å²) in [6.07, 6.45) is 2.21. The molecule has 0 N–H and O–H groups in total. The number of hydrogen-bond acceptors (Lipinski definition) is 4. The van der Waals surface area contributed by atoms with Crippen molar-refractivity contribution in [3.63, 3.8) is 0 Å². The van der Waals surface area contributed by atoms with Gasteiger partial charge in [0.1, 0.15) is 0 Å². The molecule has 0 aliphatic carbocycles. The van der Waals surface area contributed by atoms with Crippen molar-refractivity contribution in [3.05, 3.63) is 35.4 Å². The van der Waals surface area contributed by atoms with Gasteiger partial charge in [-0.05, 0) is 49.5 Å². The predicted octanol–water partition coefficient (Wildman–Crippen LogP) is 2.11. The van der Waals surface area contributed by atoms with Crippen LogP contribution in [0.4, 0.5) is 0 Å². The summed E-state index contributed by atoms with van der Waals surface area (Å²) in [6, 6.07) is 10.1. The van der Waals surface area contributed by atoms with E-state index in [4.69, 9.17) is 30.5 Å². The molecule has 1 fully saturated rings. The molecule has 0 unspecified atom stereocenters. The van der Waals surface area contributed by atoms with Crippen molar-refractivity contribution in [2.24, 2.45) is 0 Å². The van der Waals surface area contributed by atoms with Crippen LogP contribution < -0.4 is 0 Å². The minimum Gasteiger partial charge on any atom is -0.800 e. The molecule has 0 aromatic heterocycles. The maximum Gasteiger partial charge on any atom is 0.0991 e. The minimum absolute atomic E-state index is 0. The molecule has 101 valence electrons. The van der Waals surface area contributed by atoms with E-state index in [-0.39, 0.29) is 27.1 Å². The van der Waals surface area contributed by atoms with E-state index < -0.39 is 0 Å². The summed E-state index contributed by atoms with van der Waals surface area (Å²) in [6.45, 7) is 1.98. The molecule has 5 heteroatoms. The third-order valence-electron chi connectivity index (χ3n) is 3.34. The summed E-state index contributed by atoms with van der Waals surface area (Å²) >= 11 is 10.2. The van der Waals surface area contributed by atoms with Crippen LogP contribution in [0.5, 0.6) is 0 Å². The average molecular weight is 459 g/mol. The number of nitriles is 1. The second-order valence-electron chi connectivity index (χ2n) is 4.35. The smallest absolute Gasteiger partial charge is 0.0991 e. The number of rotatable bonds is 2. The van der Waals surface area contributed by atoms with Gasteiger partial charge in [-0.15, -0.1) is 0 Å². The van der Waals surface area contributed by atoms with Crippen LogP contribution in [0, 0.1) is 11.3 Å². The molecule has 1 saturated heterocycles. The molecule has 0 atom stereocenters. The average Bonchev–Trinajstić information content (AvgIpc) is 2.39. The Balaban J connectivity index is 0.00000162. The SMILES string of the molecule is N#Cc1ccc(C2CCN(C([S-])[S-])CC2)cc1.[Au]. The summed E-state index contributed by atoms with van der Waals surface area (Å²) < 4.78 is -0.170. The predicted molar refractivity (Wildman–Crippen MR) is 73.2 cm³/mol. The van der Waals surface area contributed by atoms with Crippen molar-refractivity contribution in [2.75, 3.05) is 13.1 Å². The zero-order chi connectivity index (χ0) is 12.3. The van der Waals surface area contributed by atoms with Crippen molar-refractivity contribution >= 4 is 25.3 Å². The Morgan fingerprint density at radius 3 is 2.17 bits per heavy atom. The number of benzene rings is 1. The Morgan fingerprint density at radius 1 is 1.17 bits per heavy atom. The first kappa shape index (κ1) is 16.2. The van der Waals surface area contributed by atoms with E-state index in [1.165, 1.54) is 5.56 Å². The van der Waals surface area contributed by atoms with Crippen molar-refractivity contribution in [1.82, 2.24) is 4.90 Å². The van der Waals surface area contributed by atoms with Crippen LogP contribution in [-0.4, -0.2) is 22.7 Å². The molecule has 0 spiro atoms. The van der Waals surface area contributed by atoms with E-state index in [1.54, 1.807) is 0 Å². The molecular formula is C13H14AuN2S2-2. The van der Waals surface area contributed by atoms with Gasteiger partial charge in [0.15, 0.2) is 0 Å². The topological polar surface area (TPSA) is 27.0 Å². The molecule has 1 aromatic rings. The van der Waals surface area contributed by atoms with Gasteiger partial charge in [0.2, 0.25) is 0 Å². The molecule has 0 bridgehead atoms. The zero-order valence-electron chi connectivity index (χ0n) is 9.80. The number of hydrogen-bond donors (Lipinski definition) is 0. The first-order chi connectivity index (χ1) is 8.20. The van der Waals surface area contributed by atoms with Crippen LogP contribution in [0.2, 0.25) is 0 Å². The molecule has 0 saturated carbocycles. The molecule has 1 radical (unpaired) electrons. The fraction of sp³-hybridized carbons (Fsp3) is 0.462. The van der Waals surface area contributed by atoms with Crippen molar-refractivity contribution in [3.8, 4) is 6.07 Å². The van der Waals surface area contributed by atoms with Crippen LogP contribution >= 0.6 is 0 Å². The number of nitrogens with zero attached hydrogens (tertiary/aromatic N) is 2. The van der Waals surface area contributed by atoms with Gasteiger partial charge in [0.25, 0.3) is 0 Å². The molecule has 1 aliphatic rings. The summed E-state index contributed by atoms with van der Waals surface area (Å²) in [4.78, 5) is 2.17. The van der Waals surface area contributed by atoms with E-state index in [0.717, 1.165) is 31.5 Å². The monoisotopic (exact) mass is 459 g/mol. The second kappa shape index (κ2) is 7.64. The Morgan fingerprint density at radius 2 is 1.72 bits per heavy atom. The Kier molecular flexibility index (Phi) is 6.86. The van der Waals surface area contributed by atoms with Gasteiger partial charge < -0.3 is 30.2 Å². The standard InChI is InChI=1S/C13H16N2S2.Au/c14-9-10-1-3-11(4-2-10)12-5-7-15(8-6-12)13(16)17;/h1-4,12-13,16-17H,5-8H2;/p-2. The molecular weight excluding hydrogens is 445 g/mol. The molecule has 1 aliphatic heterocycles. The van der Waals surface area contributed by atoms with Crippen molar-refractivity contribution < 1.29 is 22.4 Å². The van der Waals surface area contributed by atoms with Gasteiger partial charge in [0.05, 0.1) is 11.6 Å². The Labute approximate surface area is 135 Å².